The van der Waals surface area contributed by atoms with Crippen LogP contribution in [-0.4, -0.2) is 57.4 Å². The van der Waals surface area contributed by atoms with E-state index in [0.29, 0.717) is 24.7 Å². The summed E-state index contributed by atoms with van der Waals surface area (Å²) in [5.41, 5.74) is 0.583. The summed E-state index contributed by atoms with van der Waals surface area (Å²) in [4.78, 5) is 23.7. The number of benzene rings is 2. The van der Waals surface area contributed by atoms with Crippen molar-refractivity contribution in [2.24, 2.45) is 0 Å². The van der Waals surface area contributed by atoms with Gasteiger partial charge in [-0.1, -0.05) is 23.7 Å². The van der Waals surface area contributed by atoms with E-state index in [2.05, 4.69) is 10.6 Å². The van der Waals surface area contributed by atoms with Gasteiger partial charge in [0.15, 0.2) is 6.61 Å². The van der Waals surface area contributed by atoms with E-state index in [-0.39, 0.29) is 41.2 Å². The summed E-state index contributed by atoms with van der Waals surface area (Å²) >= 11 is 6.14. The SMILES string of the molecule is CC(=O)Nc1ccccc1OCC(=O)Nc1cc(S(=O)(=O)N2CCOCC2)ccc1Cl. The number of morpholine rings is 1. The van der Waals surface area contributed by atoms with Crippen LogP contribution in [0.25, 0.3) is 0 Å². The normalized spacial score (nSPS) is 14.6. The molecule has 0 aromatic heterocycles. The third-order valence-corrected chi connectivity index (χ3v) is 6.60. The number of ether oxygens (including phenoxy) is 2. The van der Waals surface area contributed by atoms with Gasteiger partial charge in [0.2, 0.25) is 15.9 Å². The predicted molar refractivity (Wildman–Crippen MR) is 116 cm³/mol. The lowest BCUT2D eigenvalue weighted by Crippen LogP contribution is -2.40. The van der Waals surface area contributed by atoms with E-state index in [4.69, 9.17) is 21.1 Å². The molecule has 1 aliphatic heterocycles. The Morgan fingerprint density at radius 3 is 2.52 bits per heavy atom. The number of halogens is 1. The minimum absolute atomic E-state index is 0.0195. The van der Waals surface area contributed by atoms with Gasteiger partial charge in [-0.2, -0.15) is 4.31 Å². The highest BCUT2D eigenvalue weighted by molar-refractivity contribution is 7.89. The molecule has 11 heteroatoms. The Kier molecular flexibility index (Phi) is 7.50. The Morgan fingerprint density at radius 1 is 1.10 bits per heavy atom. The van der Waals surface area contributed by atoms with Crippen molar-refractivity contribution in [3.8, 4) is 5.75 Å². The molecular weight excluding hydrogens is 446 g/mol. The third kappa shape index (κ3) is 5.95. The molecule has 2 aromatic rings. The van der Waals surface area contributed by atoms with Gasteiger partial charge in [-0.15, -0.1) is 0 Å². The minimum atomic E-state index is -3.74. The van der Waals surface area contributed by atoms with Gasteiger partial charge in [0.25, 0.3) is 5.91 Å². The van der Waals surface area contributed by atoms with E-state index >= 15 is 0 Å². The van der Waals surface area contributed by atoms with Gasteiger partial charge < -0.3 is 20.1 Å². The summed E-state index contributed by atoms with van der Waals surface area (Å²) in [6, 6.07) is 10.8. The fraction of sp³-hybridized carbons (Fsp3) is 0.300. The summed E-state index contributed by atoms with van der Waals surface area (Å²) in [5.74, 6) is -0.492. The predicted octanol–water partition coefficient (Wildman–Crippen LogP) is 2.34. The number of nitrogens with one attached hydrogen (secondary N) is 2. The van der Waals surface area contributed by atoms with Crippen LogP contribution < -0.4 is 15.4 Å². The van der Waals surface area contributed by atoms with Crippen molar-refractivity contribution >= 4 is 44.8 Å². The van der Waals surface area contributed by atoms with Crippen LogP contribution in [0.4, 0.5) is 11.4 Å². The topological polar surface area (TPSA) is 114 Å². The molecule has 0 atom stereocenters. The van der Waals surface area contributed by atoms with Crippen LogP contribution in [0.15, 0.2) is 47.4 Å². The van der Waals surface area contributed by atoms with E-state index in [9.17, 15) is 18.0 Å². The molecule has 9 nitrogen and oxygen atoms in total. The molecule has 1 aliphatic rings. The highest BCUT2D eigenvalue weighted by Crippen LogP contribution is 2.28. The monoisotopic (exact) mass is 467 g/mol. The van der Waals surface area contributed by atoms with Crippen LogP contribution in [0.1, 0.15) is 6.92 Å². The van der Waals surface area contributed by atoms with Crippen molar-refractivity contribution in [1.82, 2.24) is 4.31 Å². The van der Waals surface area contributed by atoms with Gasteiger partial charge in [-0.05, 0) is 30.3 Å². The van der Waals surface area contributed by atoms with Gasteiger partial charge in [0, 0.05) is 20.0 Å². The molecule has 0 saturated carbocycles. The van der Waals surface area contributed by atoms with Crippen molar-refractivity contribution in [2.45, 2.75) is 11.8 Å². The number of rotatable bonds is 7. The first kappa shape index (κ1) is 23.0. The molecule has 1 heterocycles. The summed E-state index contributed by atoms with van der Waals surface area (Å²) in [7, 11) is -3.74. The number of anilines is 2. The molecule has 31 heavy (non-hydrogen) atoms. The molecule has 2 N–H and O–H groups in total. The van der Waals surface area contributed by atoms with Crippen molar-refractivity contribution in [1.29, 1.82) is 0 Å². The molecule has 1 fully saturated rings. The Balaban J connectivity index is 1.69. The average Bonchev–Trinajstić information content (AvgIpc) is 2.75. The Labute approximate surface area is 185 Å². The highest BCUT2D eigenvalue weighted by atomic mass is 35.5. The van der Waals surface area contributed by atoms with Crippen LogP contribution in [0, 0.1) is 0 Å². The molecule has 2 amide bonds. The second-order valence-electron chi connectivity index (χ2n) is 6.67. The number of carbonyl (C=O) groups excluding carboxylic acids is 2. The fourth-order valence-corrected chi connectivity index (χ4v) is 4.51. The van der Waals surface area contributed by atoms with Crippen LogP contribution in [0.3, 0.4) is 0 Å². The van der Waals surface area contributed by atoms with E-state index in [1.807, 2.05) is 0 Å². The molecule has 3 rings (SSSR count). The summed E-state index contributed by atoms with van der Waals surface area (Å²) in [6.07, 6.45) is 0. The maximum Gasteiger partial charge on any atom is 0.262 e. The van der Waals surface area contributed by atoms with Crippen molar-refractivity contribution in [3.05, 3.63) is 47.5 Å². The number of sulfonamides is 1. The standard InChI is InChI=1S/C20H22ClN3O6S/c1-14(25)22-17-4-2-3-5-19(17)30-13-20(26)23-18-12-15(6-7-16(18)21)31(27,28)24-8-10-29-11-9-24/h2-7,12H,8-11,13H2,1H3,(H,22,25)(H,23,26). The average molecular weight is 468 g/mol. The largest absolute Gasteiger partial charge is 0.482 e. The van der Waals surface area contributed by atoms with Crippen LogP contribution >= 0.6 is 11.6 Å². The molecule has 1 saturated heterocycles. The smallest absolute Gasteiger partial charge is 0.262 e. The van der Waals surface area contributed by atoms with Gasteiger partial charge in [-0.25, -0.2) is 8.42 Å². The van der Waals surface area contributed by atoms with E-state index < -0.39 is 15.9 Å². The Bertz CT molecular complexity index is 1070. The lowest BCUT2D eigenvalue weighted by atomic mass is 10.3. The minimum Gasteiger partial charge on any atom is -0.482 e. The molecule has 0 bridgehead atoms. The van der Waals surface area contributed by atoms with Crippen molar-refractivity contribution in [2.75, 3.05) is 43.5 Å². The number of nitrogens with zero attached hydrogens (tertiary/aromatic N) is 1. The molecule has 0 aliphatic carbocycles. The lowest BCUT2D eigenvalue weighted by molar-refractivity contribution is -0.118. The molecule has 0 radical (unpaired) electrons. The number of amides is 2. The van der Waals surface area contributed by atoms with Crippen molar-refractivity contribution < 1.29 is 27.5 Å². The molecule has 0 spiro atoms. The first-order valence-corrected chi connectivity index (χ1v) is 11.3. The van der Waals surface area contributed by atoms with Crippen LogP contribution in [0.2, 0.25) is 5.02 Å². The van der Waals surface area contributed by atoms with Gasteiger partial charge in [-0.3, -0.25) is 9.59 Å². The number of carbonyl (C=O) groups is 2. The van der Waals surface area contributed by atoms with Crippen LogP contribution in [-0.2, 0) is 24.3 Å². The zero-order valence-corrected chi connectivity index (χ0v) is 18.3. The maximum absolute atomic E-state index is 12.8. The quantitative estimate of drug-likeness (QED) is 0.646. The maximum atomic E-state index is 12.8. The van der Waals surface area contributed by atoms with Gasteiger partial charge in [0.1, 0.15) is 5.75 Å². The zero-order valence-electron chi connectivity index (χ0n) is 16.8. The second-order valence-corrected chi connectivity index (χ2v) is 9.02. The number of hydrogen-bond acceptors (Lipinski definition) is 6. The zero-order chi connectivity index (χ0) is 22.4. The second kappa shape index (κ2) is 10.1. The van der Waals surface area contributed by atoms with Gasteiger partial charge in [0.05, 0.1) is 34.5 Å². The van der Waals surface area contributed by atoms with Gasteiger partial charge >= 0.3 is 0 Å². The first-order chi connectivity index (χ1) is 14.8. The molecule has 0 unspecified atom stereocenters. The fourth-order valence-electron chi connectivity index (χ4n) is 2.91. The molecule has 2 aromatic carbocycles. The van der Waals surface area contributed by atoms with Crippen LogP contribution in [0.5, 0.6) is 5.75 Å². The summed E-state index contributed by atoms with van der Waals surface area (Å²) in [6.45, 7) is 2.17. The number of hydrogen-bond donors (Lipinski definition) is 2. The molecular formula is C20H22ClN3O6S. The Hall–Kier alpha value is -2.66. The highest BCUT2D eigenvalue weighted by Gasteiger charge is 2.27. The lowest BCUT2D eigenvalue weighted by Gasteiger charge is -2.26. The first-order valence-electron chi connectivity index (χ1n) is 9.44. The van der Waals surface area contributed by atoms with Crippen molar-refractivity contribution in [3.63, 3.8) is 0 Å². The van der Waals surface area contributed by atoms with E-state index in [1.54, 1.807) is 24.3 Å². The molecule has 166 valence electrons. The third-order valence-electron chi connectivity index (χ3n) is 4.38. The van der Waals surface area contributed by atoms with E-state index in [0.717, 1.165) is 0 Å². The number of para-hydroxylation sites is 2. The summed E-state index contributed by atoms with van der Waals surface area (Å²) < 4.78 is 37.7. The van der Waals surface area contributed by atoms with E-state index in [1.165, 1.54) is 29.4 Å². The Morgan fingerprint density at radius 2 is 1.81 bits per heavy atom. The summed E-state index contributed by atoms with van der Waals surface area (Å²) in [5, 5.41) is 5.37.